The molecule has 2 atom stereocenters. The molecule has 0 amide bonds. The van der Waals surface area contributed by atoms with E-state index in [9.17, 15) is 0 Å². The molecule has 1 aliphatic heterocycles. The number of hydrogen-bond acceptors (Lipinski definition) is 5. The zero-order valence-corrected chi connectivity index (χ0v) is 11.3. The quantitative estimate of drug-likeness (QED) is 0.361. The molecule has 19 heavy (non-hydrogen) atoms. The lowest BCUT2D eigenvalue weighted by Crippen LogP contribution is -2.35. The van der Waals surface area contributed by atoms with Gasteiger partial charge >= 0.3 is 0 Å². The molecular formula is C13H19N5O. The Morgan fingerprint density at radius 1 is 1.37 bits per heavy atom. The molecule has 1 saturated heterocycles. The summed E-state index contributed by atoms with van der Waals surface area (Å²) in [5, 5.41) is 20.7. The summed E-state index contributed by atoms with van der Waals surface area (Å²) in [5.74, 6) is 1.65. The Bertz CT molecular complexity index is 542. The number of nitrogens with zero attached hydrogens (tertiary/aromatic N) is 4. The lowest BCUT2D eigenvalue weighted by Gasteiger charge is -2.29. The van der Waals surface area contributed by atoms with E-state index in [4.69, 9.17) is 10.9 Å². The molecule has 1 saturated carbocycles. The average molecular weight is 261 g/mol. The summed E-state index contributed by atoms with van der Waals surface area (Å²) in [7, 11) is 0. The minimum absolute atomic E-state index is 0.119. The van der Waals surface area contributed by atoms with Crippen LogP contribution in [0.2, 0.25) is 0 Å². The number of fused-ring (bicyclic) bond motifs is 2. The number of oxime groups is 1. The number of nitrogens with two attached hydrogens (primary N) is 1. The zero-order valence-electron chi connectivity index (χ0n) is 11.3. The Balaban J connectivity index is 2.08. The van der Waals surface area contributed by atoms with E-state index >= 15 is 0 Å². The first-order valence-corrected chi connectivity index (χ1v) is 6.70. The van der Waals surface area contributed by atoms with Crippen LogP contribution >= 0.6 is 0 Å². The summed E-state index contributed by atoms with van der Waals surface area (Å²) in [4.78, 5) is 2.28. The molecule has 102 valence electrons. The lowest BCUT2D eigenvalue weighted by atomic mass is 10.1. The van der Waals surface area contributed by atoms with Crippen LogP contribution in [-0.4, -0.2) is 33.8 Å². The van der Waals surface area contributed by atoms with Crippen molar-refractivity contribution in [3.05, 3.63) is 16.8 Å². The second-order valence-electron chi connectivity index (χ2n) is 5.58. The highest BCUT2D eigenvalue weighted by atomic mass is 16.4. The molecule has 2 fully saturated rings. The average Bonchev–Trinajstić information content (AvgIpc) is 3.03. The summed E-state index contributed by atoms with van der Waals surface area (Å²) in [5.41, 5.74) is 8.31. The lowest BCUT2D eigenvalue weighted by molar-refractivity contribution is 0.318. The predicted octanol–water partition coefficient (Wildman–Crippen LogP) is 1.18. The van der Waals surface area contributed by atoms with E-state index in [-0.39, 0.29) is 5.84 Å². The largest absolute Gasteiger partial charge is 0.409 e. The molecule has 0 spiro atoms. The van der Waals surface area contributed by atoms with Gasteiger partial charge in [0.1, 0.15) is 0 Å². The molecule has 1 aromatic heterocycles. The fourth-order valence-electron chi connectivity index (χ4n) is 3.34. The molecule has 2 heterocycles. The van der Waals surface area contributed by atoms with Gasteiger partial charge in [-0.3, -0.25) is 0 Å². The third-order valence-corrected chi connectivity index (χ3v) is 4.48. The van der Waals surface area contributed by atoms with Crippen LogP contribution < -0.4 is 10.6 Å². The Labute approximate surface area is 112 Å². The molecule has 1 aliphatic carbocycles. The molecule has 1 aromatic rings. The minimum Gasteiger partial charge on any atom is -0.409 e. The Hall–Kier alpha value is -1.85. The topological polar surface area (TPSA) is 87.6 Å². The molecule has 3 N–H and O–H groups in total. The molecule has 6 heteroatoms. The van der Waals surface area contributed by atoms with Crippen molar-refractivity contribution in [2.45, 2.75) is 39.2 Å². The summed E-state index contributed by atoms with van der Waals surface area (Å²) in [6, 6.07) is 0.534. The van der Waals surface area contributed by atoms with Crippen molar-refractivity contribution >= 4 is 11.7 Å². The first-order valence-electron chi connectivity index (χ1n) is 6.70. The molecule has 2 bridgehead atoms. The summed E-state index contributed by atoms with van der Waals surface area (Å²) in [6.07, 6.45) is 3.73. The van der Waals surface area contributed by atoms with Crippen LogP contribution in [0.25, 0.3) is 0 Å². The Morgan fingerprint density at radius 2 is 2.16 bits per heavy atom. The maximum absolute atomic E-state index is 9.00. The van der Waals surface area contributed by atoms with Crippen molar-refractivity contribution < 1.29 is 5.21 Å². The number of aromatic nitrogens is 2. The number of aryl methyl sites for hydroxylation is 1. The first-order chi connectivity index (χ1) is 9.11. The van der Waals surface area contributed by atoms with E-state index in [1.54, 1.807) is 0 Å². The standard InChI is InChI=1S/C13H19N5O/c1-7-8(2)15-16-13(11(7)12(14)17-19)18-6-9-3-4-10(18)5-9/h9-10,19H,3-6H2,1-2H3,(H2,14,17). The van der Waals surface area contributed by atoms with Crippen molar-refractivity contribution in [2.75, 3.05) is 11.4 Å². The highest BCUT2D eigenvalue weighted by molar-refractivity contribution is 6.02. The fraction of sp³-hybridized carbons (Fsp3) is 0.615. The van der Waals surface area contributed by atoms with E-state index < -0.39 is 0 Å². The SMILES string of the molecule is Cc1nnc(N2CC3CCC2C3)c(/C(N)=N/O)c1C. The second-order valence-corrected chi connectivity index (χ2v) is 5.58. The van der Waals surface area contributed by atoms with Crippen LogP contribution in [0.3, 0.4) is 0 Å². The molecular weight excluding hydrogens is 242 g/mol. The van der Waals surface area contributed by atoms with Crippen LogP contribution in [0.15, 0.2) is 5.16 Å². The van der Waals surface area contributed by atoms with E-state index in [0.717, 1.165) is 35.1 Å². The zero-order chi connectivity index (χ0) is 13.6. The van der Waals surface area contributed by atoms with Crippen LogP contribution in [0.5, 0.6) is 0 Å². The van der Waals surface area contributed by atoms with Crippen molar-refractivity contribution in [3.8, 4) is 0 Å². The number of rotatable bonds is 2. The van der Waals surface area contributed by atoms with Crippen LogP contribution in [0, 0.1) is 19.8 Å². The highest BCUT2D eigenvalue weighted by Crippen LogP contribution is 2.40. The van der Waals surface area contributed by atoms with Gasteiger partial charge in [-0.05, 0) is 44.6 Å². The van der Waals surface area contributed by atoms with Crippen molar-refractivity contribution in [1.29, 1.82) is 0 Å². The van der Waals surface area contributed by atoms with Gasteiger partial charge in [-0.2, -0.15) is 5.10 Å². The molecule has 0 aromatic carbocycles. The third-order valence-electron chi connectivity index (χ3n) is 4.48. The van der Waals surface area contributed by atoms with E-state index in [0.29, 0.717) is 6.04 Å². The fourth-order valence-corrected chi connectivity index (χ4v) is 3.34. The van der Waals surface area contributed by atoms with Gasteiger partial charge in [0, 0.05) is 12.6 Å². The van der Waals surface area contributed by atoms with Gasteiger partial charge in [-0.25, -0.2) is 0 Å². The maximum Gasteiger partial charge on any atom is 0.174 e. The Morgan fingerprint density at radius 3 is 2.74 bits per heavy atom. The molecule has 2 unspecified atom stereocenters. The summed E-state index contributed by atoms with van der Waals surface area (Å²) in [6.45, 7) is 4.83. The molecule has 3 rings (SSSR count). The Kier molecular flexibility index (Phi) is 2.80. The van der Waals surface area contributed by atoms with Gasteiger partial charge < -0.3 is 15.8 Å². The number of amidine groups is 1. The monoisotopic (exact) mass is 261 g/mol. The minimum atomic E-state index is 0.119. The van der Waals surface area contributed by atoms with Crippen molar-refractivity contribution in [3.63, 3.8) is 0 Å². The first kappa shape index (κ1) is 12.2. The predicted molar refractivity (Wildman–Crippen MR) is 72.5 cm³/mol. The molecule has 2 aliphatic rings. The summed E-state index contributed by atoms with van der Waals surface area (Å²) < 4.78 is 0. The van der Waals surface area contributed by atoms with Gasteiger partial charge in [0.15, 0.2) is 11.7 Å². The van der Waals surface area contributed by atoms with Crippen LogP contribution in [-0.2, 0) is 0 Å². The molecule has 6 nitrogen and oxygen atoms in total. The van der Waals surface area contributed by atoms with Gasteiger partial charge in [0.2, 0.25) is 0 Å². The highest BCUT2D eigenvalue weighted by Gasteiger charge is 2.40. The number of hydrogen-bond donors (Lipinski definition) is 2. The van der Waals surface area contributed by atoms with Gasteiger partial charge in [-0.15, -0.1) is 5.10 Å². The third kappa shape index (κ3) is 1.82. The second kappa shape index (κ2) is 4.36. The van der Waals surface area contributed by atoms with Crippen LogP contribution in [0.1, 0.15) is 36.1 Å². The number of anilines is 1. The van der Waals surface area contributed by atoms with E-state index in [1.807, 2.05) is 13.8 Å². The smallest absolute Gasteiger partial charge is 0.174 e. The van der Waals surface area contributed by atoms with Gasteiger partial charge in [0.05, 0.1) is 11.3 Å². The number of piperidine rings is 1. The van der Waals surface area contributed by atoms with Gasteiger partial charge in [0.25, 0.3) is 0 Å². The van der Waals surface area contributed by atoms with Crippen LogP contribution in [0.4, 0.5) is 5.82 Å². The summed E-state index contributed by atoms with van der Waals surface area (Å²) >= 11 is 0. The van der Waals surface area contributed by atoms with E-state index in [2.05, 4.69) is 20.3 Å². The van der Waals surface area contributed by atoms with Crippen molar-refractivity contribution in [2.24, 2.45) is 16.8 Å². The normalized spacial score (nSPS) is 26.2. The van der Waals surface area contributed by atoms with E-state index in [1.165, 1.54) is 19.3 Å². The maximum atomic E-state index is 9.00. The van der Waals surface area contributed by atoms with Gasteiger partial charge in [-0.1, -0.05) is 5.16 Å². The van der Waals surface area contributed by atoms with Crippen molar-refractivity contribution in [1.82, 2.24) is 10.2 Å². The molecule has 0 radical (unpaired) electrons.